The van der Waals surface area contributed by atoms with Gasteiger partial charge in [-0.15, -0.1) is 0 Å². The van der Waals surface area contributed by atoms with E-state index in [1.807, 2.05) is 31.2 Å². The van der Waals surface area contributed by atoms with Crippen LogP contribution in [-0.4, -0.2) is 33.3 Å². The fourth-order valence-corrected chi connectivity index (χ4v) is 2.50. The number of nitrogens with zero attached hydrogens (tertiary/aromatic N) is 2. The lowest BCUT2D eigenvalue weighted by Gasteiger charge is -2.14. The summed E-state index contributed by atoms with van der Waals surface area (Å²) in [6.45, 7) is 3.84. The van der Waals surface area contributed by atoms with Crippen LogP contribution in [0.25, 0.3) is 0 Å². The Morgan fingerprint density at radius 2 is 2.04 bits per heavy atom. The Morgan fingerprint density at radius 3 is 2.61 bits per heavy atom. The molecule has 6 nitrogen and oxygen atoms in total. The molecule has 2 rings (SSSR count). The van der Waals surface area contributed by atoms with E-state index in [0.717, 1.165) is 16.8 Å². The van der Waals surface area contributed by atoms with E-state index in [-0.39, 0.29) is 12.5 Å². The second kappa shape index (κ2) is 7.09. The molecule has 0 aliphatic rings. The summed E-state index contributed by atoms with van der Waals surface area (Å²) in [6, 6.07) is 9.40. The van der Waals surface area contributed by atoms with E-state index in [1.54, 1.807) is 20.0 Å². The lowest BCUT2D eigenvalue weighted by Crippen LogP contribution is -2.35. The number of hydrogen-bond donors (Lipinski definition) is 2. The lowest BCUT2D eigenvalue weighted by molar-refractivity contribution is -0.141. The van der Waals surface area contributed by atoms with E-state index >= 15 is 0 Å². The molecule has 122 valence electrons. The summed E-state index contributed by atoms with van der Waals surface area (Å²) >= 11 is 0. The normalized spacial score (nSPS) is 12.0. The number of carboxylic acid groups (broad SMARTS) is 1. The van der Waals surface area contributed by atoms with Crippen LogP contribution < -0.4 is 5.32 Å². The molecule has 23 heavy (non-hydrogen) atoms. The zero-order valence-corrected chi connectivity index (χ0v) is 13.5. The van der Waals surface area contributed by atoms with E-state index in [4.69, 9.17) is 0 Å². The SMILES string of the molecule is Cc1cccc(C[C@@H](CNC(=O)c2cc(C)nn2C)C(=O)O)c1. The molecular weight excluding hydrogens is 294 g/mol. The molecule has 0 bridgehead atoms. The predicted molar refractivity (Wildman–Crippen MR) is 86.3 cm³/mol. The van der Waals surface area contributed by atoms with Crippen molar-refractivity contribution in [3.05, 3.63) is 52.8 Å². The van der Waals surface area contributed by atoms with Crippen molar-refractivity contribution in [1.29, 1.82) is 0 Å². The molecule has 0 radical (unpaired) electrons. The van der Waals surface area contributed by atoms with Gasteiger partial charge >= 0.3 is 5.97 Å². The molecule has 6 heteroatoms. The molecule has 1 aromatic heterocycles. The van der Waals surface area contributed by atoms with Gasteiger partial charge in [-0.05, 0) is 31.9 Å². The zero-order valence-electron chi connectivity index (χ0n) is 13.5. The van der Waals surface area contributed by atoms with Crippen LogP contribution in [0, 0.1) is 19.8 Å². The Bertz CT molecular complexity index is 722. The van der Waals surface area contributed by atoms with Crippen molar-refractivity contribution >= 4 is 11.9 Å². The molecule has 0 saturated heterocycles. The van der Waals surface area contributed by atoms with Crippen molar-refractivity contribution in [2.45, 2.75) is 20.3 Å². The summed E-state index contributed by atoms with van der Waals surface area (Å²) in [4.78, 5) is 23.6. The highest BCUT2D eigenvalue weighted by Gasteiger charge is 2.20. The van der Waals surface area contributed by atoms with Crippen LogP contribution in [0.3, 0.4) is 0 Å². The van der Waals surface area contributed by atoms with E-state index in [2.05, 4.69) is 10.4 Å². The molecule has 0 unspecified atom stereocenters. The minimum Gasteiger partial charge on any atom is -0.481 e. The molecule has 0 aliphatic carbocycles. The molecule has 1 amide bonds. The Morgan fingerprint density at radius 1 is 1.30 bits per heavy atom. The van der Waals surface area contributed by atoms with Gasteiger partial charge in [-0.1, -0.05) is 29.8 Å². The van der Waals surface area contributed by atoms with Gasteiger partial charge in [0.2, 0.25) is 0 Å². The maximum Gasteiger partial charge on any atom is 0.308 e. The Balaban J connectivity index is 2.01. The van der Waals surface area contributed by atoms with E-state index in [1.165, 1.54) is 4.68 Å². The molecule has 0 aliphatic heterocycles. The van der Waals surface area contributed by atoms with Crippen molar-refractivity contribution in [3.8, 4) is 0 Å². The van der Waals surface area contributed by atoms with Gasteiger partial charge in [0.15, 0.2) is 0 Å². The van der Waals surface area contributed by atoms with E-state index < -0.39 is 11.9 Å². The number of nitrogens with one attached hydrogen (secondary N) is 1. The number of amides is 1. The van der Waals surface area contributed by atoms with Crippen molar-refractivity contribution in [2.75, 3.05) is 6.54 Å². The highest BCUT2D eigenvalue weighted by molar-refractivity contribution is 5.92. The first kappa shape index (κ1) is 16.7. The number of carboxylic acids is 1. The number of aliphatic carboxylic acids is 1. The third kappa shape index (κ3) is 4.42. The monoisotopic (exact) mass is 315 g/mol. The molecule has 1 atom stereocenters. The molecule has 0 fully saturated rings. The number of aromatic nitrogens is 2. The minimum absolute atomic E-state index is 0.0757. The van der Waals surface area contributed by atoms with E-state index in [9.17, 15) is 14.7 Å². The standard InChI is InChI=1S/C17H21N3O3/c1-11-5-4-6-13(7-11)9-14(17(22)23)10-18-16(21)15-8-12(2)19-20(15)3/h4-8,14H,9-10H2,1-3H3,(H,18,21)(H,22,23)/t14-/m0/s1. The first-order valence-electron chi connectivity index (χ1n) is 7.44. The van der Waals surface area contributed by atoms with Gasteiger partial charge < -0.3 is 10.4 Å². The first-order valence-corrected chi connectivity index (χ1v) is 7.44. The molecule has 0 spiro atoms. The molecule has 2 N–H and O–H groups in total. The third-order valence-electron chi connectivity index (χ3n) is 3.66. The fraction of sp³-hybridized carbons (Fsp3) is 0.353. The Labute approximate surface area is 135 Å². The Kier molecular flexibility index (Phi) is 5.16. The summed E-state index contributed by atoms with van der Waals surface area (Å²) in [6.07, 6.45) is 0.377. The first-order chi connectivity index (χ1) is 10.9. The maximum absolute atomic E-state index is 12.1. The highest BCUT2D eigenvalue weighted by atomic mass is 16.4. The van der Waals surface area contributed by atoms with Crippen molar-refractivity contribution in [2.24, 2.45) is 13.0 Å². The van der Waals surface area contributed by atoms with Crippen LogP contribution in [-0.2, 0) is 18.3 Å². The van der Waals surface area contributed by atoms with Gasteiger partial charge in [0.1, 0.15) is 5.69 Å². The van der Waals surface area contributed by atoms with Crippen LogP contribution in [0.15, 0.2) is 30.3 Å². The van der Waals surface area contributed by atoms with Crippen LogP contribution in [0.4, 0.5) is 0 Å². The fourth-order valence-electron chi connectivity index (χ4n) is 2.50. The van der Waals surface area contributed by atoms with E-state index in [0.29, 0.717) is 12.1 Å². The number of aryl methyl sites for hydroxylation is 3. The van der Waals surface area contributed by atoms with Gasteiger partial charge in [0.25, 0.3) is 5.91 Å². The van der Waals surface area contributed by atoms with Crippen LogP contribution in [0.1, 0.15) is 27.3 Å². The van der Waals surface area contributed by atoms with Crippen LogP contribution in [0.5, 0.6) is 0 Å². The summed E-state index contributed by atoms with van der Waals surface area (Å²) < 4.78 is 1.49. The number of carbonyl (C=O) groups is 2. The zero-order chi connectivity index (χ0) is 17.0. The lowest BCUT2D eigenvalue weighted by atomic mass is 9.98. The maximum atomic E-state index is 12.1. The summed E-state index contributed by atoms with van der Waals surface area (Å²) in [5.74, 6) is -1.91. The predicted octanol–water partition coefficient (Wildman–Crippen LogP) is 1.71. The van der Waals surface area contributed by atoms with Crippen molar-refractivity contribution in [3.63, 3.8) is 0 Å². The van der Waals surface area contributed by atoms with Gasteiger partial charge in [0.05, 0.1) is 11.6 Å². The number of carbonyl (C=O) groups excluding carboxylic acids is 1. The topological polar surface area (TPSA) is 84.2 Å². The summed E-state index contributed by atoms with van der Waals surface area (Å²) in [5, 5.41) is 16.2. The second-order valence-corrected chi connectivity index (χ2v) is 5.73. The van der Waals surface area contributed by atoms with Gasteiger partial charge in [-0.2, -0.15) is 5.10 Å². The molecule has 2 aromatic rings. The smallest absolute Gasteiger partial charge is 0.308 e. The number of hydrogen-bond acceptors (Lipinski definition) is 3. The number of rotatable bonds is 6. The molecule has 1 heterocycles. The third-order valence-corrected chi connectivity index (χ3v) is 3.66. The van der Waals surface area contributed by atoms with Gasteiger partial charge in [-0.25, -0.2) is 0 Å². The molecular formula is C17H21N3O3. The van der Waals surface area contributed by atoms with Gasteiger partial charge in [-0.3, -0.25) is 14.3 Å². The average Bonchev–Trinajstić information content (AvgIpc) is 2.81. The quantitative estimate of drug-likeness (QED) is 0.850. The minimum atomic E-state index is -0.923. The van der Waals surface area contributed by atoms with Crippen molar-refractivity contribution in [1.82, 2.24) is 15.1 Å². The average molecular weight is 315 g/mol. The number of benzene rings is 1. The van der Waals surface area contributed by atoms with Crippen LogP contribution >= 0.6 is 0 Å². The molecule has 1 aromatic carbocycles. The summed E-state index contributed by atoms with van der Waals surface area (Å²) in [7, 11) is 1.68. The van der Waals surface area contributed by atoms with Gasteiger partial charge in [0, 0.05) is 13.6 Å². The largest absolute Gasteiger partial charge is 0.481 e. The molecule has 0 saturated carbocycles. The second-order valence-electron chi connectivity index (χ2n) is 5.73. The Hall–Kier alpha value is -2.63. The summed E-state index contributed by atoms with van der Waals surface area (Å²) in [5.41, 5.74) is 3.19. The highest BCUT2D eigenvalue weighted by Crippen LogP contribution is 2.11. The van der Waals surface area contributed by atoms with Crippen LogP contribution in [0.2, 0.25) is 0 Å². The van der Waals surface area contributed by atoms with Crippen molar-refractivity contribution < 1.29 is 14.7 Å².